The lowest BCUT2D eigenvalue weighted by Crippen LogP contribution is -1.89. The van der Waals surface area contributed by atoms with Crippen LogP contribution in [0.4, 0.5) is 0 Å². The minimum Gasteiger partial charge on any atom is -0.458 e. The van der Waals surface area contributed by atoms with Gasteiger partial charge in [-0.25, -0.2) is 0 Å². The molecular weight excluding hydrogens is 223 g/mol. The predicted octanol–water partition coefficient (Wildman–Crippen LogP) is 3.65. The number of hydrogen-bond donors (Lipinski definition) is 0. The van der Waals surface area contributed by atoms with Crippen LogP contribution in [0.25, 0.3) is 0 Å². The summed E-state index contributed by atoms with van der Waals surface area (Å²) in [6.45, 7) is 1.77. The standard InChI is InChI=1S/C10H8Cl2O2/c1-7-5-6-9(14-7)8(13)3-2-4-10(11)12/h2-6H,1H3/b3-2+. The second-order valence-corrected chi connectivity index (χ2v) is 3.60. The fourth-order valence-electron chi connectivity index (χ4n) is 0.857. The van der Waals surface area contributed by atoms with Crippen LogP contribution in [-0.2, 0) is 0 Å². The molecule has 74 valence electrons. The Balaban J connectivity index is 2.68. The van der Waals surface area contributed by atoms with Crippen LogP contribution in [0.5, 0.6) is 0 Å². The average molecular weight is 231 g/mol. The monoisotopic (exact) mass is 230 g/mol. The van der Waals surface area contributed by atoms with Gasteiger partial charge in [0, 0.05) is 0 Å². The molecule has 0 aliphatic rings. The predicted molar refractivity (Wildman–Crippen MR) is 56.7 cm³/mol. The number of halogens is 2. The number of carbonyl (C=O) groups is 1. The fourth-order valence-corrected chi connectivity index (χ4v) is 1.00. The molecule has 0 N–H and O–H groups in total. The molecule has 0 fully saturated rings. The minimum atomic E-state index is -0.219. The zero-order valence-corrected chi connectivity index (χ0v) is 8.97. The molecular formula is C10H8Cl2O2. The van der Waals surface area contributed by atoms with E-state index in [1.807, 2.05) is 0 Å². The van der Waals surface area contributed by atoms with Gasteiger partial charge < -0.3 is 4.42 Å². The number of carbonyl (C=O) groups excluding carboxylic acids is 1. The second-order valence-electron chi connectivity index (χ2n) is 2.59. The highest BCUT2D eigenvalue weighted by atomic mass is 35.5. The van der Waals surface area contributed by atoms with E-state index in [9.17, 15) is 4.79 Å². The lowest BCUT2D eigenvalue weighted by atomic mass is 10.3. The van der Waals surface area contributed by atoms with Crippen LogP contribution in [0.1, 0.15) is 16.3 Å². The van der Waals surface area contributed by atoms with Gasteiger partial charge in [-0.15, -0.1) is 0 Å². The van der Waals surface area contributed by atoms with Crippen LogP contribution in [0, 0.1) is 6.92 Å². The van der Waals surface area contributed by atoms with Crippen molar-refractivity contribution in [3.63, 3.8) is 0 Å². The van der Waals surface area contributed by atoms with Crippen molar-refractivity contribution in [3.05, 3.63) is 46.4 Å². The quantitative estimate of drug-likeness (QED) is 0.451. The molecule has 0 radical (unpaired) electrons. The van der Waals surface area contributed by atoms with Gasteiger partial charge >= 0.3 is 0 Å². The van der Waals surface area contributed by atoms with Crippen molar-refractivity contribution in [2.45, 2.75) is 6.92 Å². The molecule has 0 aliphatic carbocycles. The van der Waals surface area contributed by atoms with Crippen LogP contribution in [-0.4, -0.2) is 5.78 Å². The molecule has 0 amide bonds. The van der Waals surface area contributed by atoms with Crippen LogP contribution < -0.4 is 0 Å². The topological polar surface area (TPSA) is 30.2 Å². The lowest BCUT2D eigenvalue weighted by Gasteiger charge is -1.86. The maximum atomic E-state index is 11.3. The average Bonchev–Trinajstić information content (AvgIpc) is 2.51. The minimum absolute atomic E-state index is 0.102. The summed E-state index contributed by atoms with van der Waals surface area (Å²) in [7, 11) is 0. The summed E-state index contributed by atoms with van der Waals surface area (Å²) in [6.07, 6.45) is 4.22. The Labute approximate surface area is 91.8 Å². The molecule has 2 nitrogen and oxygen atoms in total. The molecule has 1 rings (SSSR count). The van der Waals surface area contributed by atoms with Gasteiger partial charge in [0.1, 0.15) is 10.3 Å². The zero-order valence-electron chi connectivity index (χ0n) is 7.46. The van der Waals surface area contributed by atoms with Crippen molar-refractivity contribution >= 4 is 29.0 Å². The Bertz CT molecular complexity index is 385. The van der Waals surface area contributed by atoms with Gasteiger partial charge in [-0.2, -0.15) is 0 Å². The van der Waals surface area contributed by atoms with E-state index in [2.05, 4.69) is 0 Å². The third-order valence-corrected chi connectivity index (χ3v) is 1.71. The van der Waals surface area contributed by atoms with Crippen molar-refractivity contribution < 1.29 is 9.21 Å². The first-order valence-corrected chi connectivity index (χ1v) is 4.65. The molecule has 1 aromatic heterocycles. The molecule has 14 heavy (non-hydrogen) atoms. The van der Waals surface area contributed by atoms with Gasteiger partial charge in [-0.05, 0) is 31.2 Å². The van der Waals surface area contributed by atoms with Crippen LogP contribution in [0.2, 0.25) is 0 Å². The van der Waals surface area contributed by atoms with Crippen LogP contribution >= 0.6 is 23.2 Å². The molecule has 0 atom stereocenters. The van der Waals surface area contributed by atoms with E-state index in [0.717, 1.165) is 0 Å². The normalized spacial score (nSPS) is 10.5. The molecule has 4 heteroatoms. The van der Waals surface area contributed by atoms with E-state index in [1.165, 1.54) is 18.2 Å². The van der Waals surface area contributed by atoms with E-state index in [-0.39, 0.29) is 10.3 Å². The first kappa shape index (κ1) is 11.1. The van der Waals surface area contributed by atoms with Gasteiger partial charge in [0.25, 0.3) is 0 Å². The highest BCUT2D eigenvalue weighted by molar-refractivity contribution is 6.56. The van der Waals surface area contributed by atoms with Gasteiger partial charge in [0.05, 0.1) is 0 Å². The van der Waals surface area contributed by atoms with Crippen molar-refractivity contribution in [2.75, 3.05) is 0 Å². The highest BCUT2D eigenvalue weighted by Crippen LogP contribution is 2.09. The number of ketones is 1. The van der Waals surface area contributed by atoms with Crippen LogP contribution in [0.15, 0.2) is 39.3 Å². The number of rotatable bonds is 3. The van der Waals surface area contributed by atoms with Crippen molar-refractivity contribution in [2.24, 2.45) is 0 Å². The smallest absolute Gasteiger partial charge is 0.220 e. The highest BCUT2D eigenvalue weighted by Gasteiger charge is 2.04. The summed E-state index contributed by atoms with van der Waals surface area (Å²) < 4.78 is 5.22. The number of aryl methyl sites for hydroxylation is 1. The molecule has 0 aliphatic heterocycles. The molecule has 0 aromatic carbocycles. The lowest BCUT2D eigenvalue weighted by molar-refractivity contribution is 0.102. The number of furan rings is 1. The molecule has 0 spiro atoms. The molecule has 0 saturated heterocycles. The Morgan fingerprint density at radius 1 is 1.43 bits per heavy atom. The summed E-state index contributed by atoms with van der Waals surface area (Å²) in [5.41, 5.74) is 0. The Morgan fingerprint density at radius 3 is 2.64 bits per heavy atom. The summed E-state index contributed by atoms with van der Waals surface area (Å²) in [6, 6.07) is 3.35. The van der Waals surface area contributed by atoms with E-state index in [4.69, 9.17) is 27.6 Å². The second kappa shape index (κ2) is 5.03. The molecule has 0 saturated carbocycles. The SMILES string of the molecule is Cc1ccc(C(=O)/C=C/C=C(Cl)Cl)o1. The van der Waals surface area contributed by atoms with Gasteiger partial charge in [0.15, 0.2) is 5.76 Å². The van der Waals surface area contributed by atoms with Gasteiger partial charge in [-0.1, -0.05) is 29.3 Å². The molecule has 0 unspecified atom stereocenters. The zero-order chi connectivity index (χ0) is 10.6. The first-order valence-electron chi connectivity index (χ1n) is 3.90. The fraction of sp³-hybridized carbons (Fsp3) is 0.100. The summed E-state index contributed by atoms with van der Waals surface area (Å²) in [4.78, 5) is 11.3. The number of allylic oxidation sites excluding steroid dienone is 3. The third kappa shape index (κ3) is 3.40. The maximum absolute atomic E-state index is 11.3. The van der Waals surface area contributed by atoms with E-state index < -0.39 is 0 Å². The molecule has 1 aromatic rings. The van der Waals surface area contributed by atoms with Crippen molar-refractivity contribution in [3.8, 4) is 0 Å². The Morgan fingerprint density at radius 2 is 2.14 bits per heavy atom. The van der Waals surface area contributed by atoms with E-state index >= 15 is 0 Å². The summed E-state index contributed by atoms with van der Waals surface area (Å²) in [5.74, 6) is 0.787. The van der Waals surface area contributed by atoms with Crippen molar-refractivity contribution in [1.29, 1.82) is 0 Å². The third-order valence-electron chi connectivity index (χ3n) is 1.45. The first-order chi connectivity index (χ1) is 6.59. The van der Waals surface area contributed by atoms with Gasteiger partial charge in [0.2, 0.25) is 5.78 Å². The summed E-state index contributed by atoms with van der Waals surface area (Å²) >= 11 is 10.7. The van der Waals surface area contributed by atoms with Gasteiger partial charge in [-0.3, -0.25) is 4.79 Å². The van der Waals surface area contributed by atoms with Crippen molar-refractivity contribution in [1.82, 2.24) is 0 Å². The van der Waals surface area contributed by atoms with E-state index in [0.29, 0.717) is 11.5 Å². The molecule has 0 bridgehead atoms. The Kier molecular flexibility index (Phi) is 3.98. The number of hydrogen-bond acceptors (Lipinski definition) is 2. The maximum Gasteiger partial charge on any atom is 0.220 e. The largest absolute Gasteiger partial charge is 0.458 e. The van der Waals surface area contributed by atoms with Crippen LogP contribution in [0.3, 0.4) is 0 Å². The summed E-state index contributed by atoms with van der Waals surface area (Å²) in [5, 5.41) is 0. The molecule has 1 heterocycles. The van der Waals surface area contributed by atoms with E-state index in [1.54, 1.807) is 19.1 Å². The Hall–Kier alpha value is -0.990.